The molecule has 0 bridgehead atoms. The van der Waals surface area contributed by atoms with Crippen LogP contribution >= 0.6 is 24.0 Å². The molecule has 0 spiro atoms. The largest absolute Gasteiger partial charge is 0.359 e. The number of aromatic nitrogens is 3. The van der Waals surface area contributed by atoms with E-state index in [2.05, 4.69) is 25.6 Å². The fourth-order valence-corrected chi connectivity index (χ4v) is 1.75. The first-order valence-corrected chi connectivity index (χ1v) is 6.08. The summed E-state index contributed by atoms with van der Waals surface area (Å²) in [5, 5.41) is 6.15. The molecule has 0 aliphatic carbocycles. The number of imidazole rings is 1. The standard InChI is InChI=1S/C13H18N6.HI/c1-10-16-6-7-19(10)12-5-4-11(8-17-12)9-18-13(14-2)15-3;/h4-8H,9H2,1-3H3,(H2,14,15,18);1H. The Bertz CT molecular complexity index is 560. The molecule has 108 valence electrons. The maximum absolute atomic E-state index is 4.43. The Morgan fingerprint density at radius 3 is 2.65 bits per heavy atom. The van der Waals surface area contributed by atoms with Gasteiger partial charge < -0.3 is 10.6 Å². The molecule has 6 nitrogen and oxygen atoms in total. The minimum atomic E-state index is 0. The molecule has 0 aliphatic rings. The zero-order valence-corrected chi connectivity index (χ0v) is 14.1. The second-order valence-electron chi connectivity index (χ2n) is 4.04. The topological polar surface area (TPSA) is 67.1 Å². The first-order chi connectivity index (χ1) is 9.24. The first kappa shape index (κ1) is 16.4. The highest BCUT2D eigenvalue weighted by atomic mass is 127. The number of hydrogen-bond acceptors (Lipinski definition) is 3. The Balaban J connectivity index is 0.00000200. The second-order valence-corrected chi connectivity index (χ2v) is 4.04. The fraction of sp³-hybridized carbons (Fsp3) is 0.308. The lowest BCUT2D eigenvalue weighted by Crippen LogP contribution is -2.34. The molecule has 20 heavy (non-hydrogen) atoms. The number of pyridine rings is 1. The lowest BCUT2D eigenvalue weighted by atomic mass is 10.3. The molecule has 2 heterocycles. The van der Waals surface area contributed by atoms with Crippen LogP contribution in [0.2, 0.25) is 0 Å². The monoisotopic (exact) mass is 386 g/mol. The normalized spacial score (nSPS) is 10.8. The van der Waals surface area contributed by atoms with E-state index in [1.807, 2.05) is 43.1 Å². The van der Waals surface area contributed by atoms with Crippen LogP contribution in [0, 0.1) is 6.92 Å². The SMILES string of the molecule is CN=C(NC)NCc1ccc(-n2ccnc2C)nc1.I. The number of halogens is 1. The molecule has 0 atom stereocenters. The molecule has 0 aromatic carbocycles. The number of nitrogens with zero attached hydrogens (tertiary/aromatic N) is 4. The van der Waals surface area contributed by atoms with Gasteiger partial charge in [0, 0.05) is 39.2 Å². The highest BCUT2D eigenvalue weighted by Crippen LogP contribution is 2.08. The van der Waals surface area contributed by atoms with Crippen molar-refractivity contribution in [3.63, 3.8) is 0 Å². The number of aryl methyl sites for hydroxylation is 1. The van der Waals surface area contributed by atoms with Crippen molar-refractivity contribution in [2.75, 3.05) is 14.1 Å². The van der Waals surface area contributed by atoms with Gasteiger partial charge in [0.25, 0.3) is 0 Å². The number of nitrogens with one attached hydrogen (secondary N) is 2. The van der Waals surface area contributed by atoms with Gasteiger partial charge >= 0.3 is 0 Å². The van der Waals surface area contributed by atoms with Crippen molar-refractivity contribution in [3.05, 3.63) is 42.1 Å². The van der Waals surface area contributed by atoms with Crippen LogP contribution < -0.4 is 10.6 Å². The van der Waals surface area contributed by atoms with Gasteiger partial charge in [-0.25, -0.2) is 9.97 Å². The summed E-state index contributed by atoms with van der Waals surface area (Å²) in [5.41, 5.74) is 1.10. The van der Waals surface area contributed by atoms with Gasteiger partial charge in [-0.05, 0) is 18.6 Å². The van der Waals surface area contributed by atoms with Gasteiger partial charge in [0.15, 0.2) is 5.96 Å². The molecule has 0 aliphatic heterocycles. The average molecular weight is 386 g/mol. The van der Waals surface area contributed by atoms with Crippen molar-refractivity contribution in [2.45, 2.75) is 13.5 Å². The smallest absolute Gasteiger partial charge is 0.190 e. The van der Waals surface area contributed by atoms with Crippen molar-refractivity contribution in [1.82, 2.24) is 25.2 Å². The van der Waals surface area contributed by atoms with E-state index in [-0.39, 0.29) is 24.0 Å². The molecule has 2 rings (SSSR count). The van der Waals surface area contributed by atoms with Gasteiger partial charge in [-0.3, -0.25) is 9.56 Å². The first-order valence-electron chi connectivity index (χ1n) is 6.08. The van der Waals surface area contributed by atoms with Crippen molar-refractivity contribution >= 4 is 29.9 Å². The maximum Gasteiger partial charge on any atom is 0.190 e. The van der Waals surface area contributed by atoms with E-state index in [9.17, 15) is 0 Å². The zero-order chi connectivity index (χ0) is 13.7. The third kappa shape index (κ3) is 3.92. The summed E-state index contributed by atoms with van der Waals surface area (Å²) in [6, 6.07) is 4.02. The molecule has 0 saturated carbocycles. The Morgan fingerprint density at radius 1 is 1.35 bits per heavy atom. The van der Waals surface area contributed by atoms with E-state index in [4.69, 9.17) is 0 Å². The van der Waals surface area contributed by atoms with E-state index in [1.165, 1.54) is 0 Å². The molecular weight excluding hydrogens is 367 g/mol. The van der Waals surface area contributed by atoms with Crippen LogP contribution in [-0.2, 0) is 6.54 Å². The van der Waals surface area contributed by atoms with E-state index in [0.717, 1.165) is 23.2 Å². The van der Waals surface area contributed by atoms with Crippen LogP contribution in [0.3, 0.4) is 0 Å². The Morgan fingerprint density at radius 2 is 2.15 bits per heavy atom. The van der Waals surface area contributed by atoms with Gasteiger partial charge in [0.2, 0.25) is 0 Å². The van der Waals surface area contributed by atoms with Gasteiger partial charge in [-0.2, -0.15) is 0 Å². The third-order valence-electron chi connectivity index (χ3n) is 2.80. The molecule has 0 saturated heterocycles. The molecule has 7 heteroatoms. The molecule has 0 fully saturated rings. The summed E-state index contributed by atoms with van der Waals surface area (Å²) in [4.78, 5) is 12.7. The zero-order valence-electron chi connectivity index (χ0n) is 11.8. The molecule has 2 aromatic rings. The highest BCUT2D eigenvalue weighted by molar-refractivity contribution is 14.0. The van der Waals surface area contributed by atoms with Crippen LogP contribution in [0.15, 0.2) is 35.7 Å². The van der Waals surface area contributed by atoms with Gasteiger partial charge in [-0.1, -0.05) is 6.07 Å². The van der Waals surface area contributed by atoms with Gasteiger partial charge in [0.1, 0.15) is 11.6 Å². The van der Waals surface area contributed by atoms with Crippen molar-refractivity contribution in [3.8, 4) is 5.82 Å². The average Bonchev–Trinajstić information content (AvgIpc) is 2.87. The molecule has 0 radical (unpaired) electrons. The summed E-state index contributed by atoms with van der Waals surface area (Å²) in [5.74, 6) is 2.56. The predicted octanol–water partition coefficient (Wildman–Crippen LogP) is 1.49. The number of hydrogen-bond donors (Lipinski definition) is 2. The van der Waals surface area contributed by atoms with Crippen molar-refractivity contribution in [1.29, 1.82) is 0 Å². The summed E-state index contributed by atoms with van der Waals surface area (Å²) in [6.07, 6.45) is 5.52. The highest BCUT2D eigenvalue weighted by Gasteiger charge is 2.02. The Labute approximate surface area is 135 Å². The summed E-state index contributed by atoms with van der Waals surface area (Å²) in [6.45, 7) is 2.64. The van der Waals surface area contributed by atoms with Crippen molar-refractivity contribution in [2.24, 2.45) is 4.99 Å². The summed E-state index contributed by atoms with van der Waals surface area (Å²) in [7, 11) is 3.57. The van der Waals surface area contributed by atoms with E-state index in [0.29, 0.717) is 6.54 Å². The number of aliphatic imine (C=N–C) groups is 1. The summed E-state index contributed by atoms with van der Waals surface area (Å²) < 4.78 is 1.95. The molecule has 2 N–H and O–H groups in total. The van der Waals surface area contributed by atoms with Crippen LogP contribution in [0.5, 0.6) is 0 Å². The van der Waals surface area contributed by atoms with E-state index in [1.54, 1.807) is 13.2 Å². The molecular formula is C13H19IN6. The predicted molar refractivity (Wildman–Crippen MR) is 90.8 cm³/mol. The van der Waals surface area contributed by atoms with E-state index < -0.39 is 0 Å². The van der Waals surface area contributed by atoms with Crippen LogP contribution in [0.1, 0.15) is 11.4 Å². The minimum absolute atomic E-state index is 0. The Hall–Kier alpha value is -1.64. The fourth-order valence-electron chi connectivity index (χ4n) is 1.75. The quantitative estimate of drug-likeness (QED) is 0.477. The van der Waals surface area contributed by atoms with Gasteiger partial charge in [-0.15, -0.1) is 24.0 Å². The number of rotatable bonds is 3. The summed E-state index contributed by atoms with van der Waals surface area (Å²) >= 11 is 0. The van der Waals surface area contributed by atoms with Crippen molar-refractivity contribution < 1.29 is 0 Å². The minimum Gasteiger partial charge on any atom is -0.359 e. The van der Waals surface area contributed by atoms with E-state index >= 15 is 0 Å². The molecule has 2 aromatic heterocycles. The second kappa shape index (κ2) is 7.83. The number of guanidine groups is 1. The molecule has 0 amide bonds. The van der Waals surface area contributed by atoms with Gasteiger partial charge in [0.05, 0.1) is 0 Å². The lowest BCUT2D eigenvalue weighted by Gasteiger charge is -2.09. The van der Waals surface area contributed by atoms with Crippen LogP contribution in [0.25, 0.3) is 5.82 Å². The lowest BCUT2D eigenvalue weighted by molar-refractivity contribution is 0.853. The third-order valence-corrected chi connectivity index (χ3v) is 2.80. The van der Waals surface area contributed by atoms with Crippen LogP contribution in [-0.4, -0.2) is 34.6 Å². The van der Waals surface area contributed by atoms with Crippen LogP contribution in [0.4, 0.5) is 0 Å². The maximum atomic E-state index is 4.43. The molecule has 0 unspecified atom stereocenters. The Kier molecular flexibility index (Phi) is 6.43.